The topological polar surface area (TPSA) is 12.9 Å². The summed E-state index contributed by atoms with van der Waals surface area (Å²) in [5, 5.41) is 3.64. The van der Waals surface area contributed by atoms with Crippen LogP contribution in [0.2, 0.25) is 5.15 Å². The maximum Gasteiger partial charge on any atom is 0.140 e. The van der Waals surface area contributed by atoms with Crippen LogP contribution in [0, 0.1) is 5.41 Å². The van der Waals surface area contributed by atoms with E-state index in [1.54, 1.807) is 11.3 Å². The lowest BCUT2D eigenvalue weighted by atomic mass is 9.83. The SMILES string of the molecule is CC(c1nc(Cl)cs1)C(C)(C)C. The van der Waals surface area contributed by atoms with Crippen molar-refractivity contribution in [2.75, 3.05) is 0 Å². The predicted molar refractivity (Wildman–Crippen MR) is 55.0 cm³/mol. The number of rotatable bonds is 1. The van der Waals surface area contributed by atoms with Crippen LogP contribution < -0.4 is 0 Å². The van der Waals surface area contributed by atoms with Gasteiger partial charge in [0.05, 0.1) is 5.01 Å². The maximum absolute atomic E-state index is 5.75. The Hall–Kier alpha value is -0.0800. The van der Waals surface area contributed by atoms with Gasteiger partial charge >= 0.3 is 0 Å². The summed E-state index contributed by atoms with van der Waals surface area (Å²) < 4.78 is 0. The number of aromatic nitrogens is 1. The molecule has 0 aromatic carbocycles. The smallest absolute Gasteiger partial charge is 0.140 e. The third-order valence-corrected chi connectivity index (χ3v) is 3.51. The fourth-order valence-electron chi connectivity index (χ4n) is 0.836. The zero-order chi connectivity index (χ0) is 9.35. The van der Waals surface area contributed by atoms with E-state index in [2.05, 4.69) is 32.7 Å². The van der Waals surface area contributed by atoms with Crippen molar-refractivity contribution < 1.29 is 0 Å². The first-order chi connectivity index (χ1) is 5.41. The molecule has 1 aromatic rings. The Balaban J connectivity index is 2.85. The minimum absolute atomic E-state index is 0.265. The van der Waals surface area contributed by atoms with Gasteiger partial charge in [-0.1, -0.05) is 39.3 Å². The molecule has 0 N–H and O–H groups in total. The summed E-state index contributed by atoms with van der Waals surface area (Å²) in [6.45, 7) is 8.84. The second-order valence-electron chi connectivity index (χ2n) is 4.10. The average Bonchev–Trinajstić information content (AvgIpc) is 2.32. The molecule has 0 spiro atoms. The molecule has 12 heavy (non-hydrogen) atoms. The van der Waals surface area contributed by atoms with Gasteiger partial charge in [0.1, 0.15) is 5.15 Å². The van der Waals surface area contributed by atoms with Gasteiger partial charge in [-0.15, -0.1) is 11.3 Å². The highest BCUT2D eigenvalue weighted by Crippen LogP contribution is 2.36. The lowest BCUT2D eigenvalue weighted by Crippen LogP contribution is -2.14. The zero-order valence-corrected chi connectivity index (χ0v) is 9.46. The van der Waals surface area contributed by atoms with Gasteiger partial charge in [0, 0.05) is 11.3 Å². The standard InChI is InChI=1S/C9H14ClNS/c1-6(9(2,3)4)8-11-7(10)5-12-8/h5-6H,1-4H3. The average molecular weight is 204 g/mol. The van der Waals surface area contributed by atoms with E-state index >= 15 is 0 Å². The zero-order valence-electron chi connectivity index (χ0n) is 7.89. The van der Waals surface area contributed by atoms with Gasteiger partial charge in [0.2, 0.25) is 0 Å². The summed E-state index contributed by atoms with van der Waals surface area (Å²) in [4.78, 5) is 4.26. The molecule has 3 heteroatoms. The Morgan fingerprint density at radius 1 is 1.50 bits per heavy atom. The van der Waals surface area contributed by atoms with E-state index in [9.17, 15) is 0 Å². The van der Waals surface area contributed by atoms with Gasteiger partial charge in [-0.05, 0) is 5.41 Å². The van der Waals surface area contributed by atoms with Crippen molar-refractivity contribution in [1.29, 1.82) is 0 Å². The molecule has 0 radical (unpaired) electrons. The molecule has 0 aliphatic heterocycles. The minimum Gasteiger partial charge on any atom is -0.229 e. The van der Waals surface area contributed by atoms with Crippen LogP contribution >= 0.6 is 22.9 Å². The van der Waals surface area contributed by atoms with Crippen molar-refractivity contribution in [2.45, 2.75) is 33.6 Å². The molecular weight excluding hydrogens is 190 g/mol. The van der Waals surface area contributed by atoms with Gasteiger partial charge in [0.25, 0.3) is 0 Å². The molecule has 0 amide bonds. The van der Waals surface area contributed by atoms with Crippen molar-refractivity contribution >= 4 is 22.9 Å². The molecule has 0 aliphatic rings. The Bertz CT molecular complexity index is 262. The molecule has 1 heterocycles. The van der Waals surface area contributed by atoms with Crippen LogP contribution in [0.5, 0.6) is 0 Å². The Labute approximate surface area is 82.8 Å². The first-order valence-corrected chi connectivity index (χ1v) is 5.28. The summed E-state index contributed by atoms with van der Waals surface area (Å²) in [5.74, 6) is 0.468. The molecule has 0 fully saturated rings. The number of halogens is 1. The van der Waals surface area contributed by atoms with Crippen LogP contribution in [0.1, 0.15) is 38.6 Å². The molecule has 0 bridgehead atoms. The quantitative estimate of drug-likeness (QED) is 0.674. The van der Waals surface area contributed by atoms with Gasteiger partial charge in [-0.25, -0.2) is 4.98 Å². The number of thiazole rings is 1. The van der Waals surface area contributed by atoms with E-state index in [1.807, 2.05) is 5.38 Å². The minimum atomic E-state index is 0.265. The number of hydrogen-bond donors (Lipinski definition) is 0. The van der Waals surface area contributed by atoms with Gasteiger partial charge < -0.3 is 0 Å². The van der Waals surface area contributed by atoms with Crippen LogP contribution in [-0.2, 0) is 0 Å². The highest BCUT2D eigenvalue weighted by Gasteiger charge is 2.23. The van der Waals surface area contributed by atoms with E-state index in [-0.39, 0.29) is 5.41 Å². The van der Waals surface area contributed by atoms with Gasteiger partial charge in [0.15, 0.2) is 0 Å². The lowest BCUT2D eigenvalue weighted by molar-refractivity contribution is 0.339. The molecule has 68 valence electrons. The maximum atomic E-state index is 5.75. The fourth-order valence-corrected chi connectivity index (χ4v) is 2.09. The number of hydrogen-bond acceptors (Lipinski definition) is 2. The van der Waals surface area contributed by atoms with E-state index < -0.39 is 0 Å². The van der Waals surface area contributed by atoms with Gasteiger partial charge in [-0.2, -0.15) is 0 Å². The summed E-state index contributed by atoms with van der Waals surface area (Å²) in [7, 11) is 0. The molecule has 1 nitrogen and oxygen atoms in total. The fraction of sp³-hybridized carbons (Fsp3) is 0.667. The first kappa shape index (κ1) is 10.0. The van der Waals surface area contributed by atoms with E-state index in [1.165, 1.54) is 0 Å². The molecule has 0 saturated heterocycles. The largest absolute Gasteiger partial charge is 0.229 e. The third-order valence-electron chi connectivity index (χ3n) is 2.16. The molecular formula is C9H14ClNS. The molecule has 0 saturated carbocycles. The predicted octanol–water partition coefficient (Wildman–Crippen LogP) is 3.95. The summed E-state index contributed by atoms with van der Waals surface area (Å²) in [6, 6.07) is 0. The van der Waals surface area contributed by atoms with Crippen LogP contribution in [0.3, 0.4) is 0 Å². The highest BCUT2D eigenvalue weighted by molar-refractivity contribution is 7.10. The van der Waals surface area contributed by atoms with Crippen LogP contribution in [0.15, 0.2) is 5.38 Å². The first-order valence-electron chi connectivity index (χ1n) is 4.02. The monoisotopic (exact) mass is 203 g/mol. The van der Waals surface area contributed by atoms with Crippen molar-refractivity contribution in [3.05, 3.63) is 15.5 Å². The second-order valence-corrected chi connectivity index (χ2v) is 5.37. The third kappa shape index (κ3) is 2.20. The lowest BCUT2D eigenvalue weighted by Gasteiger charge is -2.24. The van der Waals surface area contributed by atoms with Crippen LogP contribution in [0.25, 0.3) is 0 Å². The molecule has 1 rings (SSSR count). The van der Waals surface area contributed by atoms with Crippen molar-refractivity contribution in [3.8, 4) is 0 Å². The van der Waals surface area contributed by atoms with E-state index in [0.29, 0.717) is 11.1 Å². The molecule has 0 aliphatic carbocycles. The summed E-state index contributed by atoms with van der Waals surface area (Å²) in [6.07, 6.45) is 0. The summed E-state index contributed by atoms with van der Waals surface area (Å²) >= 11 is 7.40. The second kappa shape index (κ2) is 3.35. The van der Waals surface area contributed by atoms with E-state index in [0.717, 1.165) is 5.01 Å². The Morgan fingerprint density at radius 3 is 2.42 bits per heavy atom. The van der Waals surface area contributed by atoms with Crippen LogP contribution in [0.4, 0.5) is 0 Å². The summed E-state index contributed by atoms with van der Waals surface area (Å²) in [5.41, 5.74) is 0.265. The normalized spacial score (nSPS) is 14.8. The highest BCUT2D eigenvalue weighted by atomic mass is 35.5. The molecule has 1 atom stereocenters. The van der Waals surface area contributed by atoms with Crippen LogP contribution in [-0.4, -0.2) is 4.98 Å². The Morgan fingerprint density at radius 2 is 2.08 bits per heavy atom. The molecule has 1 aromatic heterocycles. The van der Waals surface area contributed by atoms with Crippen molar-refractivity contribution in [2.24, 2.45) is 5.41 Å². The van der Waals surface area contributed by atoms with Crippen molar-refractivity contribution in [3.63, 3.8) is 0 Å². The Kier molecular flexibility index (Phi) is 2.79. The molecule has 1 unspecified atom stereocenters. The van der Waals surface area contributed by atoms with E-state index in [4.69, 9.17) is 11.6 Å². The van der Waals surface area contributed by atoms with Crippen molar-refractivity contribution in [1.82, 2.24) is 4.98 Å². The number of nitrogens with zero attached hydrogens (tertiary/aromatic N) is 1. The van der Waals surface area contributed by atoms with Gasteiger partial charge in [-0.3, -0.25) is 0 Å².